The quantitative estimate of drug-likeness (QED) is 0.560. The zero-order valence-corrected chi connectivity index (χ0v) is 18.6. The number of likely N-dealkylation sites (N-methyl/N-ethyl adjacent to an activating group) is 1. The number of anilines is 2. The van der Waals surface area contributed by atoms with Crippen LogP contribution >= 0.6 is 23.2 Å². The topological polar surface area (TPSA) is 79.9 Å². The number of nitrogens with zero attached hydrogens (tertiary/aromatic N) is 1. The molecule has 2 amide bonds. The van der Waals surface area contributed by atoms with Gasteiger partial charge in [0, 0.05) is 17.4 Å². The molecule has 0 aromatic heterocycles. The first-order chi connectivity index (χ1) is 14.3. The molecule has 2 N–H and O–H groups in total. The molecule has 9 heteroatoms. The van der Waals surface area contributed by atoms with Gasteiger partial charge >= 0.3 is 0 Å². The fourth-order valence-electron chi connectivity index (χ4n) is 2.65. The van der Waals surface area contributed by atoms with Gasteiger partial charge in [-0.25, -0.2) is 0 Å². The number of nitrogens with one attached hydrogen (secondary N) is 2. The largest absolute Gasteiger partial charge is 0.490 e. The van der Waals surface area contributed by atoms with Crippen molar-refractivity contribution in [2.45, 2.75) is 13.8 Å². The fraction of sp³-hybridized carbons (Fsp3) is 0.333. The first-order valence-corrected chi connectivity index (χ1v) is 10.2. The van der Waals surface area contributed by atoms with E-state index in [2.05, 4.69) is 10.6 Å². The average molecular weight is 454 g/mol. The summed E-state index contributed by atoms with van der Waals surface area (Å²) in [5.41, 5.74) is 1.12. The third kappa shape index (κ3) is 7.40. The molecule has 0 saturated heterocycles. The molecule has 162 valence electrons. The van der Waals surface area contributed by atoms with Crippen molar-refractivity contribution >= 4 is 46.4 Å². The van der Waals surface area contributed by atoms with Crippen molar-refractivity contribution in [2.24, 2.45) is 0 Å². The Bertz CT molecular complexity index is 893. The lowest BCUT2D eigenvalue weighted by Gasteiger charge is -2.17. The van der Waals surface area contributed by atoms with Crippen LogP contribution in [0, 0.1) is 0 Å². The van der Waals surface area contributed by atoms with Crippen molar-refractivity contribution in [3.63, 3.8) is 0 Å². The number of ether oxygens (including phenoxy) is 2. The lowest BCUT2D eigenvalue weighted by molar-refractivity contribution is -0.119. The molecule has 0 heterocycles. The second kappa shape index (κ2) is 11.6. The van der Waals surface area contributed by atoms with Gasteiger partial charge in [0.15, 0.2) is 11.5 Å². The van der Waals surface area contributed by atoms with Gasteiger partial charge in [-0.15, -0.1) is 0 Å². The van der Waals surface area contributed by atoms with Crippen LogP contribution in [0.25, 0.3) is 0 Å². The van der Waals surface area contributed by atoms with Crippen molar-refractivity contribution in [1.29, 1.82) is 0 Å². The second-order valence-corrected chi connectivity index (χ2v) is 7.24. The maximum Gasteiger partial charge on any atom is 0.238 e. The minimum Gasteiger partial charge on any atom is -0.490 e. The number of hydrogen-bond donors (Lipinski definition) is 2. The van der Waals surface area contributed by atoms with Crippen LogP contribution in [-0.4, -0.2) is 50.1 Å². The Hall–Kier alpha value is -2.48. The van der Waals surface area contributed by atoms with Gasteiger partial charge in [-0.2, -0.15) is 0 Å². The van der Waals surface area contributed by atoms with E-state index in [9.17, 15) is 9.59 Å². The Balaban J connectivity index is 1.88. The minimum absolute atomic E-state index is 0.0289. The Kier molecular flexibility index (Phi) is 9.23. The summed E-state index contributed by atoms with van der Waals surface area (Å²) in [6, 6.07) is 10.0. The summed E-state index contributed by atoms with van der Waals surface area (Å²) >= 11 is 11.8. The molecule has 7 nitrogen and oxygen atoms in total. The molecule has 0 saturated carbocycles. The Labute approximate surface area is 186 Å². The summed E-state index contributed by atoms with van der Waals surface area (Å²) in [4.78, 5) is 26.1. The maximum atomic E-state index is 12.3. The number of amides is 2. The predicted octanol–water partition coefficient (Wildman–Crippen LogP) is 4.30. The molecule has 0 aliphatic rings. The van der Waals surface area contributed by atoms with E-state index in [1.54, 1.807) is 48.3 Å². The summed E-state index contributed by atoms with van der Waals surface area (Å²) in [6.07, 6.45) is 0. The highest BCUT2D eigenvalue weighted by Gasteiger charge is 2.13. The van der Waals surface area contributed by atoms with Crippen LogP contribution in [0.3, 0.4) is 0 Å². The van der Waals surface area contributed by atoms with Gasteiger partial charge in [-0.1, -0.05) is 23.2 Å². The zero-order chi connectivity index (χ0) is 22.1. The summed E-state index contributed by atoms with van der Waals surface area (Å²) in [6.45, 7) is 4.82. The number of carbonyl (C=O) groups is 2. The Morgan fingerprint density at radius 2 is 1.37 bits per heavy atom. The summed E-state index contributed by atoms with van der Waals surface area (Å²) in [5, 5.41) is 6.27. The van der Waals surface area contributed by atoms with Crippen LogP contribution < -0.4 is 20.1 Å². The van der Waals surface area contributed by atoms with Crippen molar-refractivity contribution < 1.29 is 19.1 Å². The molecular formula is C21H25Cl2N3O4. The van der Waals surface area contributed by atoms with E-state index < -0.39 is 0 Å². The van der Waals surface area contributed by atoms with Gasteiger partial charge in [0.1, 0.15) is 0 Å². The smallest absolute Gasteiger partial charge is 0.238 e. The normalized spacial score (nSPS) is 10.6. The molecule has 0 bridgehead atoms. The van der Waals surface area contributed by atoms with E-state index >= 15 is 0 Å². The number of hydrogen-bond acceptors (Lipinski definition) is 5. The van der Waals surface area contributed by atoms with E-state index in [0.717, 1.165) is 0 Å². The molecule has 30 heavy (non-hydrogen) atoms. The Morgan fingerprint density at radius 1 is 0.833 bits per heavy atom. The molecule has 0 unspecified atom stereocenters. The van der Waals surface area contributed by atoms with Crippen molar-refractivity contribution in [3.05, 3.63) is 46.4 Å². The third-order valence-corrected chi connectivity index (χ3v) is 4.60. The van der Waals surface area contributed by atoms with Crippen LogP contribution in [0.1, 0.15) is 13.8 Å². The van der Waals surface area contributed by atoms with Crippen molar-refractivity contribution in [1.82, 2.24) is 4.90 Å². The monoisotopic (exact) mass is 453 g/mol. The van der Waals surface area contributed by atoms with E-state index in [4.69, 9.17) is 32.7 Å². The van der Waals surface area contributed by atoms with E-state index in [-0.39, 0.29) is 24.9 Å². The number of benzene rings is 2. The lowest BCUT2D eigenvalue weighted by atomic mass is 10.2. The second-order valence-electron chi connectivity index (χ2n) is 6.43. The Morgan fingerprint density at radius 3 is 1.93 bits per heavy atom. The van der Waals surface area contributed by atoms with Gasteiger partial charge in [0.25, 0.3) is 0 Å². The number of halogens is 2. The zero-order valence-electron chi connectivity index (χ0n) is 17.1. The molecule has 0 atom stereocenters. The van der Waals surface area contributed by atoms with Gasteiger partial charge in [0.2, 0.25) is 11.8 Å². The van der Waals surface area contributed by atoms with Crippen LogP contribution in [0.4, 0.5) is 11.4 Å². The number of carbonyl (C=O) groups excluding carboxylic acids is 2. The highest BCUT2D eigenvalue weighted by Crippen LogP contribution is 2.30. The molecule has 2 rings (SSSR count). The van der Waals surface area contributed by atoms with Crippen molar-refractivity contribution in [2.75, 3.05) is 44.0 Å². The van der Waals surface area contributed by atoms with Crippen LogP contribution in [0.2, 0.25) is 10.0 Å². The molecule has 0 aliphatic heterocycles. The summed E-state index contributed by atoms with van der Waals surface area (Å²) in [7, 11) is 1.68. The van der Waals surface area contributed by atoms with Crippen LogP contribution in [-0.2, 0) is 9.59 Å². The highest BCUT2D eigenvalue weighted by molar-refractivity contribution is 6.42. The standard InChI is InChI=1S/C21H25Cl2N3O4/c1-4-29-18-9-7-15(11-19(18)30-5-2)25-21(28)13-26(3)12-20(27)24-14-6-8-16(22)17(23)10-14/h6-11H,4-5,12-13H2,1-3H3,(H,24,27)(H,25,28). The molecule has 0 radical (unpaired) electrons. The van der Waals surface area contributed by atoms with E-state index in [1.165, 1.54) is 0 Å². The van der Waals surface area contributed by atoms with Crippen LogP contribution in [0.5, 0.6) is 11.5 Å². The third-order valence-electron chi connectivity index (χ3n) is 3.86. The number of rotatable bonds is 10. The molecular weight excluding hydrogens is 429 g/mol. The SMILES string of the molecule is CCOc1ccc(NC(=O)CN(C)CC(=O)Nc2ccc(Cl)c(Cl)c2)cc1OCC. The highest BCUT2D eigenvalue weighted by atomic mass is 35.5. The van der Waals surface area contributed by atoms with Gasteiger partial charge in [0.05, 0.1) is 36.3 Å². The van der Waals surface area contributed by atoms with Gasteiger partial charge in [-0.3, -0.25) is 14.5 Å². The first-order valence-electron chi connectivity index (χ1n) is 9.45. The first kappa shape index (κ1) is 23.8. The molecule has 0 aliphatic carbocycles. The van der Waals surface area contributed by atoms with E-state index in [1.807, 2.05) is 13.8 Å². The lowest BCUT2D eigenvalue weighted by Crippen LogP contribution is -2.36. The summed E-state index contributed by atoms with van der Waals surface area (Å²) < 4.78 is 11.1. The van der Waals surface area contributed by atoms with Gasteiger partial charge < -0.3 is 20.1 Å². The van der Waals surface area contributed by atoms with E-state index in [0.29, 0.717) is 46.1 Å². The fourth-order valence-corrected chi connectivity index (χ4v) is 2.95. The molecule has 2 aromatic carbocycles. The van der Waals surface area contributed by atoms with Crippen LogP contribution in [0.15, 0.2) is 36.4 Å². The average Bonchev–Trinajstić information content (AvgIpc) is 2.66. The molecule has 0 fully saturated rings. The van der Waals surface area contributed by atoms with Gasteiger partial charge in [-0.05, 0) is 51.2 Å². The predicted molar refractivity (Wildman–Crippen MR) is 120 cm³/mol. The van der Waals surface area contributed by atoms with Crippen molar-refractivity contribution in [3.8, 4) is 11.5 Å². The molecule has 2 aromatic rings. The molecule has 0 spiro atoms. The maximum absolute atomic E-state index is 12.3. The summed E-state index contributed by atoms with van der Waals surface area (Å²) in [5.74, 6) is 0.648. The minimum atomic E-state index is -0.275.